The van der Waals surface area contributed by atoms with Crippen molar-refractivity contribution in [1.29, 1.82) is 0 Å². The van der Waals surface area contributed by atoms with Gasteiger partial charge in [0.2, 0.25) is 0 Å². The van der Waals surface area contributed by atoms with E-state index < -0.39 is 4.92 Å². The lowest BCUT2D eigenvalue weighted by molar-refractivity contribution is -0.384. The normalized spacial score (nSPS) is 10.6. The van der Waals surface area contributed by atoms with Gasteiger partial charge in [-0.05, 0) is 26.1 Å². The molecule has 110 valence electrons. The maximum atomic E-state index is 11.5. The summed E-state index contributed by atoms with van der Waals surface area (Å²) in [7, 11) is 0. The van der Waals surface area contributed by atoms with Crippen molar-refractivity contribution >= 4 is 11.5 Å². The average Bonchev–Trinajstić information content (AvgIpc) is 2.43. The molecule has 0 heterocycles. The number of hydrogen-bond acceptors (Lipinski definition) is 5. The molecule has 0 N–H and O–H groups in total. The quantitative estimate of drug-likeness (QED) is 0.415. The maximum absolute atomic E-state index is 11.5. The molecule has 6 nitrogen and oxygen atoms in total. The topological polar surface area (TPSA) is 72.7 Å². The Hall–Kier alpha value is -1.95. The molecule has 0 saturated carbocycles. The molecule has 0 spiro atoms. The van der Waals surface area contributed by atoms with E-state index in [9.17, 15) is 14.9 Å². The van der Waals surface area contributed by atoms with Crippen molar-refractivity contribution in [2.24, 2.45) is 0 Å². The second kappa shape index (κ2) is 7.59. The highest BCUT2D eigenvalue weighted by atomic mass is 16.6. The first-order valence-corrected chi connectivity index (χ1v) is 6.64. The molecule has 1 rings (SSSR count). The van der Waals surface area contributed by atoms with E-state index in [1.54, 1.807) is 0 Å². The molecule has 0 atom stereocenters. The molecule has 0 radical (unpaired) electrons. The van der Waals surface area contributed by atoms with Crippen LogP contribution in [0.3, 0.4) is 0 Å². The van der Waals surface area contributed by atoms with Crippen LogP contribution in [0.15, 0.2) is 18.2 Å². The summed E-state index contributed by atoms with van der Waals surface area (Å²) in [4.78, 5) is 23.9. The lowest BCUT2D eigenvalue weighted by Crippen LogP contribution is -2.28. The smallest absolute Gasteiger partial charge is 0.270 e. The Bertz CT molecular complexity index is 484. The number of likely N-dealkylation sites (N-methyl/N-ethyl adjacent to an activating group) is 1. The molecule has 0 unspecified atom stereocenters. The van der Waals surface area contributed by atoms with E-state index in [1.807, 2.05) is 0 Å². The zero-order valence-electron chi connectivity index (χ0n) is 12.1. The molecule has 1 aromatic rings. The number of nitro groups is 1. The van der Waals surface area contributed by atoms with Gasteiger partial charge in [0.05, 0.1) is 10.5 Å². The van der Waals surface area contributed by atoms with Gasteiger partial charge in [-0.1, -0.05) is 13.8 Å². The molecular formula is C14H20N2O4. The second-order valence-corrected chi connectivity index (χ2v) is 4.37. The van der Waals surface area contributed by atoms with E-state index in [2.05, 4.69) is 18.7 Å². The first-order chi connectivity index (χ1) is 9.49. The molecule has 0 saturated heterocycles. The highest BCUT2D eigenvalue weighted by molar-refractivity contribution is 5.97. The fraction of sp³-hybridized carbons (Fsp3) is 0.500. The number of carbonyl (C=O) groups excluding carboxylic acids is 1. The number of ketones is 1. The van der Waals surface area contributed by atoms with Crippen LogP contribution in [0.25, 0.3) is 0 Å². The molecule has 0 bridgehead atoms. The lowest BCUT2D eigenvalue weighted by atomic mass is 10.1. The summed E-state index contributed by atoms with van der Waals surface area (Å²) in [6.45, 7) is 8.56. The highest BCUT2D eigenvalue weighted by Crippen LogP contribution is 2.24. The van der Waals surface area contributed by atoms with Crippen molar-refractivity contribution in [2.75, 3.05) is 26.2 Å². The summed E-state index contributed by atoms with van der Waals surface area (Å²) in [5.74, 6) is 0.154. The van der Waals surface area contributed by atoms with Crippen LogP contribution in [-0.2, 0) is 0 Å². The minimum Gasteiger partial charge on any atom is -0.491 e. The third-order valence-electron chi connectivity index (χ3n) is 3.11. The van der Waals surface area contributed by atoms with Gasteiger partial charge in [0.25, 0.3) is 5.69 Å². The van der Waals surface area contributed by atoms with Crippen LogP contribution in [0, 0.1) is 10.1 Å². The molecule has 0 aliphatic rings. The van der Waals surface area contributed by atoms with Gasteiger partial charge >= 0.3 is 0 Å². The Balaban J connectivity index is 2.79. The molecule has 0 aliphatic carbocycles. The van der Waals surface area contributed by atoms with Crippen LogP contribution < -0.4 is 4.74 Å². The monoisotopic (exact) mass is 280 g/mol. The Morgan fingerprint density at radius 2 is 2.00 bits per heavy atom. The number of hydrogen-bond donors (Lipinski definition) is 0. The van der Waals surface area contributed by atoms with E-state index in [-0.39, 0.29) is 17.0 Å². The number of ether oxygens (including phenoxy) is 1. The van der Waals surface area contributed by atoms with Crippen molar-refractivity contribution in [1.82, 2.24) is 4.90 Å². The minimum absolute atomic E-state index is 0.105. The SMILES string of the molecule is CCN(CC)CCOc1ccc([N+](=O)[O-])cc1C(C)=O. The zero-order valence-corrected chi connectivity index (χ0v) is 12.1. The van der Waals surface area contributed by atoms with Crippen LogP contribution >= 0.6 is 0 Å². The molecule has 0 fully saturated rings. The third-order valence-corrected chi connectivity index (χ3v) is 3.11. The van der Waals surface area contributed by atoms with Gasteiger partial charge in [-0.2, -0.15) is 0 Å². The van der Waals surface area contributed by atoms with Crippen LogP contribution in [-0.4, -0.2) is 41.8 Å². The van der Waals surface area contributed by atoms with Crippen molar-refractivity contribution in [3.05, 3.63) is 33.9 Å². The van der Waals surface area contributed by atoms with Crippen molar-refractivity contribution < 1.29 is 14.5 Å². The summed E-state index contributed by atoms with van der Waals surface area (Å²) in [5, 5.41) is 10.7. The first-order valence-electron chi connectivity index (χ1n) is 6.64. The molecule has 0 aliphatic heterocycles. The number of rotatable bonds is 8. The van der Waals surface area contributed by atoms with E-state index in [0.717, 1.165) is 19.6 Å². The standard InChI is InChI=1S/C14H20N2O4/c1-4-15(5-2)8-9-20-14-7-6-12(16(18)19)10-13(14)11(3)17/h6-7,10H,4-5,8-9H2,1-3H3. The van der Waals surface area contributed by atoms with Crippen LogP contribution in [0.1, 0.15) is 31.1 Å². The zero-order chi connectivity index (χ0) is 15.1. The number of carbonyl (C=O) groups is 1. The minimum atomic E-state index is -0.522. The summed E-state index contributed by atoms with van der Waals surface area (Å²) in [5.41, 5.74) is 0.144. The number of non-ortho nitro benzene ring substituents is 1. The lowest BCUT2D eigenvalue weighted by Gasteiger charge is -2.18. The Labute approximate surface area is 118 Å². The molecule has 1 aromatic carbocycles. The number of nitro benzene ring substituents is 1. The molecule has 6 heteroatoms. The van der Waals surface area contributed by atoms with Gasteiger partial charge in [0.15, 0.2) is 5.78 Å². The summed E-state index contributed by atoms with van der Waals surface area (Å²) in [6, 6.07) is 4.09. The van der Waals surface area contributed by atoms with E-state index in [1.165, 1.54) is 25.1 Å². The highest BCUT2D eigenvalue weighted by Gasteiger charge is 2.15. The molecule has 20 heavy (non-hydrogen) atoms. The van der Waals surface area contributed by atoms with Crippen LogP contribution in [0.2, 0.25) is 0 Å². The molecule has 0 aromatic heterocycles. The Kier molecular flexibility index (Phi) is 6.11. The van der Waals surface area contributed by atoms with Gasteiger partial charge in [-0.25, -0.2) is 0 Å². The fourth-order valence-electron chi connectivity index (χ4n) is 1.86. The van der Waals surface area contributed by atoms with Gasteiger partial charge in [-0.3, -0.25) is 14.9 Å². The predicted octanol–water partition coefficient (Wildman–Crippen LogP) is 2.52. The van der Waals surface area contributed by atoms with Gasteiger partial charge in [0.1, 0.15) is 12.4 Å². The largest absolute Gasteiger partial charge is 0.491 e. The average molecular weight is 280 g/mol. The van der Waals surface area contributed by atoms with E-state index >= 15 is 0 Å². The van der Waals surface area contributed by atoms with E-state index in [4.69, 9.17) is 4.74 Å². The van der Waals surface area contributed by atoms with Gasteiger partial charge in [-0.15, -0.1) is 0 Å². The maximum Gasteiger partial charge on any atom is 0.270 e. The third kappa shape index (κ3) is 4.31. The second-order valence-electron chi connectivity index (χ2n) is 4.37. The Morgan fingerprint density at radius 1 is 1.35 bits per heavy atom. The number of nitrogens with zero attached hydrogens (tertiary/aromatic N) is 2. The van der Waals surface area contributed by atoms with Crippen LogP contribution in [0.5, 0.6) is 5.75 Å². The Morgan fingerprint density at radius 3 is 2.50 bits per heavy atom. The number of Topliss-reactive ketones (excluding diaryl/α,β-unsaturated/α-hetero) is 1. The van der Waals surface area contributed by atoms with E-state index in [0.29, 0.717) is 12.4 Å². The van der Waals surface area contributed by atoms with Gasteiger partial charge in [0, 0.05) is 18.7 Å². The molecule has 0 amide bonds. The summed E-state index contributed by atoms with van der Waals surface area (Å²) >= 11 is 0. The van der Waals surface area contributed by atoms with Gasteiger partial charge < -0.3 is 9.64 Å². The van der Waals surface area contributed by atoms with Crippen molar-refractivity contribution in [3.63, 3.8) is 0 Å². The van der Waals surface area contributed by atoms with Crippen molar-refractivity contribution in [3.8, 4) is 5.75 Å². The van der Waals surface area contributed by atoms with Crippen molar-refractivity contribution in [2.45, 2.75) is 20.8 Å². The first kappa shape index (κ1) is 16.1. The predicted molar refractivity (Wildman–Crippen MR) is 76.4 cm³/mol. The fourth-order valence-corrected chi connectivity index (χ4v) is 1.86. The summed E-state index contributed by atoms with van der Waals surface area (Å²) < 4.78 is 5.58. The summed E-state index contributed by atoms with van der Waals surface area (Å²) in [6.07, 6.45) is 0. The molecular weight excluding hydrogens is 260 g/mol. The van der Waals surface area contributed by atoms with Crippen LogP contribution in [0.4, 0.5) is 5.69 Å². The number of benzene rings is 1.